The summed E-state index contributed by atoms with van der Waals surface area (Å²) in [6, 6.07) is 22.7. The van der Waals surface area contributed by atoms with Gasteiger partial charge >= 0.3 is 11.9 Å². The summed E-state index contributed by atoms with van der Waals surface area (Å²) in [6.07, 6.45) is 8.69. The predicted molar refractivity (Wildman–Crippen MR) is 278 cm³/mol. The first-order valence-electron chi connectivity index (χ1n) is 26.1. The second-order valence-electron chi connectivity index (χ2n) is 19.6. The van der Waals surface area contributed by atoms with Crippen molar-refractivity contribution in [3.05, 3.63) is 147 Å². The van der Waals surface area contributed by atoms with Gasteiger partial charge in [-0.05, 0) is 90.4 Å². The monoisotopic (exact) mass is 1020 g/mol. The number of rotatable bonds is 16. The van der Waals surface area contributed by atoms with Crippen LogP contribution >= 0.6 is 0 Å². The molecule has 0 bridgehead atoms. The zero-order chi connectivity index (χ0) is 52.4. The lowest BCUT2D eigenvalue weighted by atomic mass is 10.0. The second kappa shape index (κ2) is 24.6. The Labute approximate surface area is 430 Å². The summed E-state index contributed by atoms with van der Waals surface area (Å²) >= 11 is 0. The number of fused-ring (bicyclic) bond motifs is 2. The lowest BCUT2D eigenvalue weighted by molar-refractivity contribution is -0.136. The van der Waals surface area contributed by atoms with Crippen LogP contribution in [-0.4, -0.2) is 108 Å². The molecular formula is C56H69F3N10O5. The van der Waals surface area contributed by atoms with Gasteiger partial charge in [0.25, 0.3) is 5.91 Å². The lowest BCUT2D eigenvalue weighted by Gasteiger charge is -2.36. The summed E-state index contributed by atoms with van der Waals surface area (Å²) in [5, 5.41) is 10.2. The molecule has 1 saturated carbocycles. The van der Waals surface area contributed by atoms with E-state index in [0.717, 1.165) is 78.2 Å². The Morgan fingerprint density at radius 2 is 1.51 bits per heavy atom. The minimum Gasteiger partial charge on any atom is -0.373 e. The molecule has 1 atom stereocenters. The highest BCUT2D eigenvalue weighted by Crippen LogP contribution is 2.34. The molecule has 1 aliphatic carbocycles. The lowest BCUT2D eigenvalue weighted by Crippen LogP contribution is -2.46. The van der Waals surface area contributed by atoms with E-state index in [-0.39, 0.29) is 42.4 Å². The van der Waals surface area contributed by atoms with E-state index in [2.05, 4.69) is 60.5 Å². The van der Waals surface area contributed by atoms with Gasteiger partial charge < -0.3 is 19.1 Å². The van der Waals surface area contributed by atoms with Crippen LogP contribution in [0.3, 0.4) is 0 Å². The Morgan fingerprint density at radius 1 is 0.824 bits per heavy atom. The Balaban J connectivity index is 0.00000115. The van der Waals surface area contributed by atoms with E-state index in [1.165, 1.54) is 54.3 Å². The number of pyridine rings is 1. The third-order valence-corrected chi connectivity index (χ3v) is 14.5. The van der Waals surface area contributed by atoms with Crippen molar-refractivity contribution < 1.29 is 32.3 Å². The third kappa shape index (κ3) is 13.2. The maximum absolute atomic E-state index is 14.5. The largest absolute Gasteiger partial charge is 0.418 e. The first kappa shape index (κ1) is 53.7. The van der Waals surface area contributed by atoms with Crippen LogP contribution in [0, 0.1) is 0 Å². The summed E-state index contributed by atoms with van der Waals surface area (Å²) in [5.41, 5.74) is 5.17. The van der Waals surface area contributed by atoms with Gasteiger partial charge in [-0.3, -0.25) is 38.5 Å². The molecule has 1 unspecified atom stereocenters. The number of ether oxygens (including phenoxy) is 1. The Hall–Kier alpha value is -6.63. The van der Waals surface area contributed by atoms with Gasteiger partial charge in [0.05, 0.1) is 29.5 Å². The van der Waals surface area contributed by atoms with Crippen LogP contribution in [0.5, 0.6) is 0 Å². The minimum atomic E-state index is -4.66. The number of piperidine rings is 1. The molecule has 4 aliphatic rings. The number of carbonyl (C=O) groups excluding carboxylic acids is 3. The van der Waals surface area contributed by atoms with Gasteiger partial charge in [-0.2, -0.15) is 13.2 Å². The molecule has 74 heavy (non-hydrogen) atoms. The number of alkyl halides is 3. The second-order valence-corrected chi connectivity index (χ2v) is 19.6. The number of amides is 3. The Bertz CT molecular complexity index is 2930. The van der Waals surface area contributed by atoms with E-state index >= 15 is 0 Å². The fourth-order valence-corrected chi connectivity index (χ4v) is 9.92. The third-order valence-electron chi connectivity index (χ3n) is 14.5. The average molecular weight is 1020 g/mol. The van der Waals surface area contributed by atoms with Crippen LogP contribution in [0.1, 0.15) is 122 Å². The summed E-state index contributed by atoms with van der Waals surface area (Å²) in [6.45, 7) is 12.8. The number of benzene rings is 3. The van der Waals surface area contributed by atoms with E-state index in [4.69, 9.17) is 4.74 Å². The average Bonchev–Trinajstić information content (AvgIpc) is 4.06. The van der Waals surface area contributed by atoms with E-state index in [1.807, 2.05) is 46.0 Å². The number of hydrogen-bond acceptors (Lipinski definition) is 10. The van der Waals surface area contributed by atoms with Gasteiger partial charge in [0.15, 0.2) is 0 Å². The Kier molecular flexibility index (Phi) is 17.8. The molecule has 3 amide bonds. The van der Waals surface area contributed by atoms with Crippen LogP contribution in [0.4, 0.5) is 18.9 Å². The zero-order valence-electron chi connectivity index (χ0n) is 43.0. The van der Waals surface area contributed by atoms with E-state index in [1.54, 1.807) is 34.0 Å². The topological polar surface area (TPSA) is 143 Å². The van der Waals surface area contributed by atoms with E-state index in [9.17, 15) is 32.3 Å². The molecule has 6 heterocycles. The summed E-state index contributed by atoms with van der Waals surface area (Å²) in [7, 11) is 1.83. The number of halogens is 3. The first-order valence-corrected chi connectivity index (χ1v) is 26.1. The molecule has 0 spiro atoms. The molecule has 3 aromatic carbocycles. The molecule has 18 heteroatoms. The van der Waals surface area contributed by atoms with Crippen molar-refractivity contribution in [2.45, 2.75) is 123 Å². The van der Waals surface area contributed by atoms with Crippen molar-refractivity contribution in [2.75, 3.05) is 44.2 Å². The van der Waals surface area contributed by atoms with Crippen molar-refractivity contribution in [3.63, 3.8) is 0 Å². The normalized spacial score (nSPS) is 16.7. The number of likely N-dealkylation sites (tertiary alicyclic amines) is 1. The first-order chi connectivity index (χ1) is 35.8. The highest BCUT2D eigenvalue weighted by Gasteiger charge is 2.35. The van der Waals surface area contributed by atoms with Crippen LogP contribution < -0.4 is 15.9 Å². The number of hydrogen-bond donors (Lipinski definition) is 1. The number of nitrogens with zero attached hydrogens (tertiary/aromatic N) is 9. The van der Waals surface area contributed by atoms with Crippen LogP contribution in [-0.2, 0) is 60.2 Å². The number of carbonyl (C=O) groups is 3. The summed E-state index contributed by atoms with van der Waals surface area (Å²) in [4.78, 5) is 57.9. The SMILES string of the molecule is C1CCC1.CC.CC(CCC(=O)NC=O)N1Cc2cc(N3CCN(Cc4cccc(COC5CCN(Cc6cc(C(F)(F)F)c7cn(-c8cccc(Cc9nncn9C)c8)c(=O)n7c6)CC5)c4)CC3)ccc2C1=O. The molecule has 10 rings (SSSR count). The number of anilines is 1. The molecule has 1 N–H and O–H groups in total. The molecule has 3 aromatic heterocycles. The van der Waals surface area contributed by atoms with Crippen molar-refractivity contribution in [1.82, 2.24) is 43.7 Å². The highest BCUT2D eigenvalue weighted by molar-refractivity contribution is 5.99. The Morgan fingerprint density at radius 3 is 2.20 bits per heavy atom. The number of imide groups is 1. The van der Waals surface area contributed by atoms with Crippen molar-refractivity contribution in [2.24, 2.45) is 7.05 Å². The van der Waals surface area contributed by atoms with Gasteiger partial charge in [-0.15, -0.1) is 10.2 Å². The van der Waals surface area contributed by atoms with Crippen LogP contribution in [0.25, 0.3) is 11.2 Å². The number of piperazine rings is 1. The molecular weight excluding hydrogens is 950 g/mol. The quantitative estimate of drug-likeness (QED) is 0.0942. The predicted octanol–water partition coefficient (Wildman–Crippen LogP) is 8.32. The van der Waals surface area contributed by atoms with Crippen molar-refractivity contribution in [1.29, 1.82) is 0 Å². The van der Waals surface area contributed by atoms with Gasteiger partial charge in [-0.1, -0.05) is 75.9 Å². The molecule has 6 aromatic rings. The molecule has 394 valence electrons. The number of aromatic nitrogens is 5. The molecule has 0 radical (unpaired) electrons. The molecule has 2 saturated heterocycles. The summed E-state index contributed by atoms with van der Waals surface area (Å²) < 4.78 is 54.2. The zero-order valence-corrected chi connectivity index (χ0v) is 43.0. The fourth-order valence-electron chi connectivity index (χ4n) is 9.92. The van der Waals surface area contributed by atoms with Gasteiger partial charge in [0.2, 0.25) is 12.3 Å². The number of aryl methyl sites for hydroxylation is 1. The van der Waals surface area contributed by atoms with Crippen LogP contribution in [0.2, 0.25) is 0 Å². The molecule has 15 nitrogen and oxygen atoms in total. The van der Waals surface area contributed by atoms with Crippen molar-refractivity contribution in [3.8, 4) is 5.69 Å². The van der Waals surface area contributed by atoms with Gasteiger partial charge in [-0.25, -0.2) is 4.79 Å². The molecule has 3 fully saturated rings. The maximum atomic E-state index is 14.5. The van der Waals surface area contributed by atoms with E-state index < -0.39 is 17.4 Å². The van der Waals surface area contributed by atoms with Crippen LogP contribution in [0.15, 0.2) is 96.3 Å². The van der Waals surface area contributed by atoms with E-state index in [0.29, 0.717) is 62.3 Å². The fraction of sp³-hybridized carbons (Fsp3) is 0.464. The minimum absolute atomic E-state index is 0.0172. The summed E-state index contributed by atoms with van der Waals surface area (Å²) in [5.74, 6) is 0.335. The number of nitrogens with one attached hydrogen (secondary N) is 1. The van der Waals surface area contributed by atoms with Gasteiger partial charge in [0.1, 0.15) is 12.2 Å². The van der Waals surface area contributed by atoms with Gasteiger partial charge in [0, 0.05) is 108 Å². The van der Waals surface area contributed by atoms with Crippen molar-refractivity contribution >= 4 is 29.4 Å². The smallest absolute Gasteiger partial charge is 0.373 e. The number of imidazole rings is 1. The standard InChI is InChI=1S/C50H55F3N10O5.C4H8.C2H6/c1-34(9-12-47(65)54-33-64)61-29-39-25-40(10-11-43(39)48(61)66)60-19-17-59(18-20-60)26-36-6-3-7-37(21-36)31-68-42-13-15-58(16-14-42)27-38-23-44(50(51,52)53)45-30-62(49(67)63(45)28-38)41-8-4-5-35(22-41)24-46-56-55-32-57(46)2;1-2-4-3-1;1-2/h3-8,10-11,21-23,25,28,30,32-34,42H,9,12-20,24,26-27,29,31H2,1-2H3,(H,54,64,65);1-4H2;1-2H3. The molecule has 3 aliphatic heterocycles. The maximum Gasteiger partial charge on any atom is 0.418 e. The highest BCUT2D eigenvalue weighted by atomic mass is 19.4.